The molecular formula is C16H21N3. The van der Waals surface area contributed by atoms with Crippen molar-refractivity contribution >= 4 is 22.3 Å². The molecule has 1 saturated carbocycles. The van der Waals surface area contributed by atoms with Crippen molar-refractivity contribution in [2.24, 2.45) is 11.8 Å². The van der Waals surface area contributed by atoms with Gasteiger partial charge in [0.15, 0.2) is 0 Å². The van der Waals surface area contributed by atoms with Gasteiger partial charge in [-0.05, 0) is 30.7 Å². The molecule has 3 rings (SSSR count). The number of rotatable bonds is 2. The van der Waals surface area contributed by atoms with Crippen molar-refractivity contribution in [3.63, 3.8) is 0 Å². The molecular weight excluding hydrogens is 234 g/mol. The lowest BCUT2D eigenvalue weighted by molar-refractivity contribution is 0.436. The maximum Gasteiger partial charge on any atom is 0.0743 e. The first-order chi connectivity index (χ1) is 9.16. The van der Waals surface area contributed by atoms with Gasteiger partial charge >= 0.3 is 0 Å². The van der Waals surface area contributed by atoms with Crippen molar-refractivity contribution in [3.05, 3.63) is 30.5 Å². The summed E-state index contributed by atoms with van der Waals surface area (Å²) in [5, 5.41) is 4.79. The van der Waals surface area contributed by atoms with E-state index in [1.165, 1.54) is 12.8 Å². The number of hydrogen-bond donors (Lipinski definition) is 2. The molecule has 0 aliphatic heterocycles. The van der Waals surface area contributed by atoms with Crippen LogP contribution >= 0.6 is 0 Å². The van der Waals surface area contributed by atoms with Crippen LogP contribution in [0.1, 0.15) is 26.7 Å². The Hall–Kier alpha value is -1.77. The van der Waals surface area contributed by atoms with E-state index in [1.54, 1.807) is 6.20 Å². The summed E-state index contributed by atoms with van der Waals surface area (Å²) in [4.78, 5) is 4.38. The summed E-state index contributed by atoms with van der Waals surface area (Å²) in [6.07, 6.45) is 4.27. The van der Waals surface area contributed by atoms with Crippen LogP contribution in [-0.2, 0) is 0 Å². The minimum Gasteiger partial charge on any atom is -0.396 e. The summed E-state index contributed by atoms with van der Waals surface area (Å²) in [7, 11) is 0. The van der Waals surface area contributed by atoms with Crippen molar-refractivity contribution in [2.75, 3.05) is 11.1 Å². The molecule has 1 fully saturated rings. The van der Waals surface area contributed by atoms with E-state index < -0.39 is 0 Å². The summed E-state index contributed by atoms with van der Waals surface area (Å²) < 4.78 is 0. The minimum atomic E-state index is 0.517. The molecule has 19 heavy (non-hydrogen) atoms. The average Bonchev–Trinajstić information content (AvgIpc) is 2.74. The highest BCUT2D eigenvalue weighted by Gasteiger charge is 2.30. The van der Waals surface area contributed by atoms with Gasteiger partial charge in [0.05, 0.1) is 23.1 Å². The number of anilines is 2. The van der Waals surface area contributed by atoms with Gasteiger partial charge in [-0.2, -0.15) is 0 Å². The molecule has 0 spiro atoms. The van der Waals surface area contributed by atoms with Gasteiger partial charge in [-0.1, -0.05) is 32.0 Å². The van der Waals surface area contributed by atoms with Gasteiger partial charge in [0, 0.05) is 11.4 Å². The zero-order chi connectivity index (χ0) is 13.4. The third kappa shape index (κ3) is 2.14. The van der Waals surface area contributed by atoms with Crippen LogP contribution in [0.2, 0.25) is 0 Å². The highest BCUT2D eigenvalue weighted by atomic mass is 15.0. The number of aromatic nitrogens is 1. The van der Waals surface area contributed by atoms with Gasteiger partial charge in [-0.25, -0.2) is 0 Å². The fraction of sp³-hybridized carbons (Fsp3) is 0.438. The molecule has 100 valence electrons. The van der Waals surface area contributed by atoms with Crippen LogP contribution in [0.15, 0.2) is 30.5 Å². The van der Waals surface area contributed by atoms with Gasteiger partial charge in [0.25, 0.3) is 0 Å². The van der Waals surface area contributed by atoms with Crippen LogP contribution in [-0.4, -0.2) is 11.0 Å². The molecule has 0 radical (unpaired) electrons. The zero-order valence-corrected chi connectivity index (χ0v) is 11.6. The Bertz CT molecular complexity index is 594. The van der Waals surface area contributed by atoms with E-state index in [4.69, 9.17) is 5.73 Å². The number of nitrogens with one attached hydrogen (secondary N) is 1. The standard InChI is InChI=1S/C16H21N3/c1-10-7-8-14(11(10)2)19-16-12-5-3-4-6-15(12)18-9-13(16)17/h3-6,9-11,14H,7-8,17H2,1-2H3,(H,18,19). The maximum absolute atomic E-state index is 6.12. The Labute approximate surface area is 114 Å². The number of hydrogen-bond acceptors (Lipinski definition) is 3. The second kappa shape index (κ2) is 4.72. The molecule has 3 unspecified atom stereocenters. The molecule has 0 amide bonds. The Morgan fingerprint density at radius 3 is 2.74 bits per heavy atom. The van der Waals surface area contributed by atoms with Crippen LogP contribution in [0.5, 0.6) is 0 Å². The number of nitrogen functional groups attached to an aromatic ring is 1. The summed E-state index contributed by atoms with van der Waals surface area (Å²) >= 11 is 0. The Morgan fingerprint density at radius 1 is 1.21 bits per heavy atom. The summed E-state index contributed by atoms with van der Waals surface area (Å²) in [6.45, 7) is 4.66. The zero-order valence-electron chi connectivity index (χ0n) is 11.6. The fourth-order valence-corrected chi connectivity index (χ4v) is 3.07. The Balaban J connectivity index is 1.98. The molecule has 1 aromatic carbocycles. The van der Waals surface area contributed by atoms with E-state index in [1.807, 2.05) is 18.2 Å². The lowest BCUT2D eigenvalue weighted by atomic mass is 9.97. The first-order valence-electron chi connectivity index (χ1n) is 7.06. The Morgan fingerprint density at radius 2 is 2.00 bits per heavy atom. The normalized spacial score (nSPS) is 26.7. The van der Waals surface area contributed by atoms with Crippen LogP contribution in [0.3, 0.4) is 0 Å². The molecule has 2 aromatic rings. The van der Waals surface area contributed by atoms with Gasteiger partial charge in [-0.15, -0.1) is 0 Å². The molecule has 0 bridgehead atoms. The second-order valence-corrected chi connectivity index (χ2v) is 5.77. The quantitative estimate of drug-likeness (QED) is 0.861. The number of nitrogens with two attached hydrogens (primary N) is 1. The molecule has 3 atom stereocenters. The monoisotopic (exact) mass is 255 g/mol. The highest BCUT2D eigenvalue weighted by molar-refractivity contribution is 5.96. The summed E-state index contributed by atoms with van der Waals surface area (Å²) in [5.41, 5.74) is 8.91. The first-order valence-corrected chi connectivity index (χ1v) is 7.06. The van der Waals surface area contributed by atoms with Crippen molar-refractivity contribution in [1.82, 2.24) is 4.98 Å². The van der Waals surface area contributed by atoms with E-state index >= 15 is 0 Å². The van der Waals surface area contributed by atoms with Crippen LogP contribution in [0, 0.1) is 11.8 Å². The lowest BCUT2D eigenvalue weighted by Gasteiger charge is -2.22. The van der Waals surface area contributed by atoms with Crippen molar-refractivity contribution in [2.45, 2.75) is 32.7 Å². The Kier molecular flexibility index (Phi) is 3.05. The minimum absolute atomic E-state index is 0.517. The van der Waals surface area contributed by atoms with Gasteiger partial charge in [0.1, 0.15) is 0 Å². The van der Waals surface area contributed by atoms with Crippen LogP contribution in [0.25, 0.3) is 10.9 Å². The highest BCUT2D eigenvalue weighted by Crippen LogP contribution is 2.36. The summed E-state index contributed by atoms with van der Waals surface area (Å²) in [6, 6.07) is 8.68. The molecule has 0 saturated heterocycles. The van der Waals surface area contributed by atoms with Crippen molar-refractivity contribution < 1.29 is 0 Å². The van der Waals surface area contributed by atoms with E-state index in [0.717, 1.165) is 28.2 Å². The third-order valence-corrected chi connectivity index (χ3v) is 4.60. The van der Waals surface area contributed by atoms with Crippen LogP contribution < -0.4 is 11.1 Å². The third-order valence-electron chi connectivity index (χ3n) is 4.60. The van der Waals surface area contributed by atoms with Gasteiger partial charge in [0.2, 0.25) is 0 Å². The van der Waals surface area contributed by atoms with E-state index in [0.29, 0.717) is 12.0 Å². The molecule has 3 nitrogen and oxygen atoms in total. The topological polar surface area (TPSA) is 50.9 Å². The number of nitrogens with zero attached hydrogens (tertiary/aromatic N) is 1. The molecule has 1 aliphatic carbocycles. The maximum atomic E-state index is 6.12. The van der Waals surface area contributed by atoms with Gasteiger partial charge in [-0.3, -0.25) is 4.98 Å². The molecule has 1 aliphatic rings. The number of para-hydroxylation sites is 1. The number of benzene rings is 1. The smallest absolute Gasteiger partial charge is 0.0743 e. The molecule has 1 heterocycles. The largest absolute Gasteiger partial charge is 0.396 e. The predicted octanol–water partition coefficient (Wildman–Crippen LogP) is 3.66. The SMILES string of the molecule is CC1CCC(Nc2c(N)cnc3ccccc23)C1C. The first kappa shape index (κ1) is 12.3. The fourth-order valence-electron chi connectivity index (χ4n) is 3.07. The predicted molar refractivity (Wildman–Crippen MR) is 81.1 cm³/mol. The van der Waals surface area contributed by atoms with Crippen molar-refractivity contribution in [1.29, 1.82) is 0 Å². The molecule has 1 aromatic heterocycles. The van der Waals surface area contributed by atoms with Gasteiger partial charge < -0.3 is 11.1 Å². The van der Waals surface area contributed by atoms with Crippen molar-refractivity contribution in [3.8, 4) is 0 Å². The number of pyridine rings is 1. The average molecular weight is 255 g/mol. The number of fused-ring (bicyclic) bond motifs is 1. The van der Waals surface area contributed by atoms with E-state index in [9.17, 15) is 0 Å². The lowest BCUT2D eigenvalue weighted by Crippen LogP contribution is -2.24. The van der Waals surface area contributed by atoms with Crippen LogP contribution in [0.4, 0.5) is 11.4 Å². The van der Waals surface area contributed by atoms with E-state index in [2.05, 4.69) is 30.2 Å². The second-order valence-electron chi connectivity index (χ2n) is 5.77. The summed E-state index contributed by atoms with van der Waals surface area (Å²) in [5.74, 6) is 1.47. The van der Waals surface area contributed by atoms with E-state index in [-0.39, 0.29) is 0 Å². The molecule has 3 heteroatoms. The molecule has 3 N–H and O–H groups in total.